The van der Waals surface area contributed by atoms with Crippen LogP contribution in [-0.2, 0) is 4.65 Å². The predicted octanol–water partition coefficient (Wildman–Crippen LogP) is 1.03. The number of rotatable bonds is 3. The van der Waals surface area contributed by atoms with Crippen molar-refractivity contribution in [3.8, 4) is 0 Å². The maximum absolute atomic E-state index is 9.49. The molecule has 0 saturated heterocycles. The van der Waals surface area contributed by atoms with Crippen LogP contribution in [0.3, 0.4) is 0 Å². The Hall–Kier alpha value is -0.735. The van der Waals surface area contributed by atoms with E-state index in [-0.39, 0.29) is 5.41 Å². The van der Waals surface area contributed by atoms with Crippen LogP contribution in [-0.4, -0.2) is 18.7 Å². The summed E-state index contributed by atoms with van der Waals surface area (Å²) in [6.45, 7) is 6.67. The van der Waals surface area contributed by atoms with Crippen molar-refractivity contribution in [2.45, 2.75) is 20.8 Å². The summed E-state index contributed by atoms with van der Waals surface area (Å²) in [5, 5.41) is 9.49. The number of hydrogen-bond acceptors (Lipinski definition) is 3. The van der Waals surface area contributed by atoms with Crippen LogP contribution in [0.15, 0.2) is 23.0 Å². The van der Waals surface area contributed by atoms with Crippen molar-refractivity contribution in [3.05, 3.63) is 18.6 Å². The van der Waals surface area contributed by atoms with E-state index in [1.54, 1.807) is 6.07 Å². The summed E-state index contributed by atoms with van der Waals surface area (Å²) in [6.07, 6.45) is 2.99. The summed E-state index contributed by atoms with van der Waals surface area (Å²) in [4.78, 5) is 0. The van der Waals surface area contributed by atoms with Crippen LogP contribution in [0.25, 0.3) is 0 Å². The average molecular weight is 182 g/mol. The first kappa shape index (κ1) is 10.3. The fourth-order valence-corrected chi connectivity index (χ4v) is 0.841. The van der Waals surface area contributed by atoms with E-state index in [2.05, 4.69) is 20.8 Å². The SMILES string of the molecule is CC(C)(C)COB(O)c1ccoc1. The van der Waals surface area contributed by atoms with Gasteiger partial charge in [-0.05, 0) is 11.5 Å². The van der Waals surface area contributed by atoms with Crippen LogP contribution in [0.5, 0.6) is 0 Å². The summed E-state index contributed by atoms with van der Waals surface area (Å²) >= 11 is 0. The monoisotopic (exact) mass is 182 g/mol. The van der Waals surface area contributed by atoms with Gasteiger partial charge in [0.25, 0.3) is 0 Å². The zero-order valence-electron chi connectivity index (χ0n) is 8.28. The molecule has 4 heteroatoms. The van der Waals surface area contributed by atoms with Gasteiger partial charge in [-0.3, -0.25) is 0 Å². The minimum absolute atomic E-state index is 0.0602. The van der Waals surface area contributed by atoms with E-state index in [1.165, 1.54) is 12.5 Å². The van der Waals surface area contributed by atoms with E-state index in [9.17, 15) is 5.02 Å². The standard InChI is InChI=1S/C9H15BO3/c1-9(2,3)7-13-10(11)8-4-5-12-6-8/h4-6,11H,7H2,1-3H3. The molecule has 1 heterocycles. The van der Waals surface area contributed by atoms with Crippen LogP contribution in [0.4, 0.5) is 0 Å². The van der Waals surface area contributed by atoms with Crippen molar-refractivity contribution in [1.82, 2.24) is 0 Å². The molecular weight excluding hydrogens is 167 g/mol. The second kappa shape index (κ2) is 3.98. The highest BCUT2D eigenvalue weighted by Gasteiger charge is 2.20. The summed E-state index contributed by atoms with van der Waals surface area (Å²) in [5.41, 5.74) is 0.717. The topological polar surface area (TPSA) is 42.6 Å². The Labute approximate surface area is 78.9 Å². The van der Waals surface area contributed by atoms with Crippen molar-refractivity contribution in [2.75, 3.05) is 6.61 Å². The Balaban J connectivity index is 2.39. The third-order valence-electron chi connectivity index (χ3n) is 1.50. The molecule has 1 aromatic rings. The van der Waals surface area contributed by atoms with Gasteiger partial charge in [0, 0.05) is 12.1 Å². The molecule has 0 radical (unpaired) electrons. The quantitative estimate of drug-likeness (QED) is 0.709. The molecule has 0 aliphatic heterocycles. The molecule has 13 heavy (non-hydrogen) atoms. The molecule has 0 unspecified atom stereocenters. The van der Waals surface area contributed by atoms with Crippen molar-refractivity contribution < 1.29 is 14.1 Å². The lowest BCUT2D eigenvalue weighted by molar-refractivity contribution is 0.174. The Morgan fingerprint density at radius 3 is 2.69 bits per heavy atom. The highest BCUT2D eigenvalue weighted by molar-refractivity contribution is 6.59. The first-order valence-electron chi connectivity index (χ1n) is 4.31. The van der Waals surface area contributed by atoms with Gasteiger partial charge in [0.1, 0.15) is 0 Å². The van der Waals surface area contributed by atoms with E-state index < -0.39 is 7.12 Å². The number of furan rings is 1. The zero-order valence-corrected chi connectivity index (χ0v) is 8.28. The van der Waals surface area contributed by atoms with E-state index in [4.69, 9.17) is 9.07 Å². The first-order chi connectivity index (χ1) is 5.99. The molecular formula is C9H15BO3. The van der Waals surface area contributed by atoms with Crippen LogP contribution in [0, 0.1) is 5.41 Å². The third kappa shape index (κ3) is 3.66. The Kier molecular flexibility index (Phi) is 3.17. The maximum Gasteiger partial charge on any atom is 0.494 e. The van der Waals surface area contributed by atoms with Crippen molar-refractivity contribution >= 4 is 12.6 Å². The van der Waals surface area contributed by atoms with Gasteiger partial charge in [0.05, 0.1) is 12.5 Å². The fraction of sp³-hybridized carbons (Fsp3) is 0.556. The molecule has 1 rings (SSSR count). The molecule has 0 aromatic carbocycles. The third-order valence-corrected chi connectivity index (χ3v) is 1.50. The van der Waals surface area contributed by atoms with Gasteiger partial charge in [-0.2, -0.15) is 0 Å². The molecule has 0 bridgehead atoms. The van der Waals surface area contributed by atoms with Gasteiger partial charge in [0.15, 0.2) is 0 Å². The molecule has 0 amide bonds. The summed E-state index contributed by atoms with van der Waals surface area (Å²) in [5.74, 6) is 0. The van der Waals surface area contributed by atoms with Crippen molar-refractivity contribution in [1.29, 1.82) is 0 Å². The molecule has 72 valence electrons. The van der Waals surface area contributed by atoms with E-state index >= 15 is 0 Å². The molecule has 1 N–H and O–H groups in total. The van der Waals surface area contributed by atoms with E-state index in [0.29, 0.717) is 12.1 Å². The second-order valence-electron chi connectivity index (χ2n) is 4.28. The summed E-state index contributed by atoms with van der Waals surface area (Å²) in [6, 6.07) is 1.69. The first-order valence-corrected chi connectivity index (χ1v) is 4.31. The Bertz CT molecular complexity index is 238. The smallest absolute Gasteiger partial charge is 0.473 e. The predicted molar refractivity (Wildman–Crippen MR) is 51.7 cm³/mol. The lowest BCUT2D eigenvalue weighted by Crippen LogP contribution is -2.35. The zero-order chi connectivity index (χ0) is 9.90. The van der Waals surface area contributed by atoms with Gasteiger partial charge in [-0.1, -0.05) is 20.8 Å². The van der Waals surface area contributed by atoms with E-state index in [1.807, 2.05) is 0 Å². The summed E-state index contributed by atoms with van der Waals surface area (Å²) in [7, 11) is -0.877. The highest BCUT2D eigenvalue weighted by atomic mass is 16.5. The molecule has 0 spiro atoms. The lowest BCUT2D eigenvalue weighted by Gasteiger charge is -2.19. The molecule has 0 saturated carbocycles. The van der Waals surface area contributed by atoms with Crippen molar-refractivity contribution in [3.63, 3.8) is 0 Å². The minimum Gasteiger partial charge on any atom is -0.473 e. The molecule has 1 aromatic heterocycles. The van der Waals surface area contributed by atoms with Crippen LogP contribution < -0.4 is 5.46 Å². The lowest BCUT2D eigenvalue weighted by atomic mass is 9.81. The minimum atomic E-state index is -0.877. The van der Waals surface area contributed by atoms with Crippen LogP contribution >= 0.6 is 0 Å². The van der Waals surface area contributed by atoms with E-state index in [0.717, 1.165) is 0 Å². The molecule has 0 atom stereocenters. The highest BCUT2D eigenvalue weighted by Crippen LogP contribution is 2.12. The maximum atomic E-state index is 9.49. The van der Waals surface area contributed by atoms with Gasteiger partial charge < -0.3 is 14.1 Å². The average Bonchev–Trinajstić information content (AvgIpc) is 2.50. The van der Waals surface area contributed by atoms with Crippen LogP contribution in [0.1, 0.15) is 20.8 Å². The van der Waals surface area contributed by atoms with Gasteiger partial charge in [-0.25, -0.2) is 0 Å². The fourth-order valence-electron chi connectivity index (χ4n) is 0.841. The second-order valence-corrected chi connectivity index (χ2v) is 4.28. The molecule has 3 nitrogen and oxygen atoms in total. The molecule has 0 aliphatic carbocycles. The normalized spacial score (nSPS) is 11.7. The van der Waals surface area contributed by atoms with Gasteiger partial charge >= 0.3 is 7.12 Å². The Morgan fingerprint density at radius 2 is 2.23 bits per heavy atom. The van der Waals surface area contributed by atoms with Crippen molar-refractivity contribution in [2.24, 2.45) is 5.41 Å². The summed E-state index contributed by atoms with van der Waals surface area (Å²) < 4.78 is 10.1. The van der Waals surface area contributed by atoms with Gasteiger partial charge in [-0.15, -0.1) is 0 Å². The molecule has 0 fully saturated rings. The van der Waals surface area contributed by atoms with Crippen LogP contribution in [0.2, 0.25) is 0 Å². The number of hydrogen-bond donors (Lipinski definition) is 1. The molecule has 0 aliphatic rings. The Morgan fingerprint density at radius 1 is 1.54 bits per heavy atom. The van der Waals surface area contributed by atoms with Gasteiger partial charge in [0.2, 0.25) is 0 Å². The largest absolute Gasteiger partial charge is 0.494 e.